The van der Waals surface area contributed by atoms with Gasteiger partial charge in [-0.3, -0.25) is 0 Å². The molecule has 0 spiro atoms. The summed E-state index contributed by atoms with van der Waals surface area (Å²) in [6, 6.07) is 12.0. The first-order chi connectivity index (χ1) is 7.38. The van der Waals surface area contributed by atoms with Gasteiger partial charge in [-0.1, -0.05) is 30.8 Å². The molecule has 0 bridgehead atoms. The van der Waals surface area contributed by atoms with Gasteiger partial charge in [-0.05, 0) is 30.7 Å². The topological polar surface area (TPSA) is 25.8 Å². The Balaban J connectivity index is 2.17. The minimum atomic E-state index is 0.969. The number of nitrogens with zero attached hydrogens (tertiary/aromatic N) is 2. The summed E-state index contributed by atoms with van der Waals surface area (Å²) in [6.07, 6.45) is 2.77. The first kappa shape index (κ1) is 10.2. The molecule has 2 aromatic heterocycles. The molecule has 2 heterocycles. The van der Waals surface area contributed by atoms with Gasteiger partial charge in [0, 0.05) is 11.9 Å². The van der Waals surface area contributed by atoms with Crippen molar-refractivity contribution in [1.29, 1.82) is 0 Å². The molecule has 0 aliphatic rings. The van der Waals surface area contributed by atoms with Crippen LogP contribution in [0.2, 0.25) is 0 Å². The number of aromatic nitrogens is 2. The highest BCUT2D eigenvalue weighted by Gasteiger charge is 1.99. The maximum Gasteiger partial charge on any atom is 0.102 e. The summed E-state index contributed by atoms with van der Waals surface area (Å²) in [5.74, 6) is 0. The molecule has 0 saturated carbocycles. The van der Waals surface area contributed by atoms with Gasteiger partial charge in [0.05, 0.1) is 0 Å². The summed E-state index contributed by atoms with van der Waals surface area (Å²) < 4.78 is 0. The SMILES string of the molecule is CCc1cccc(Sc2ccccn2)n1. The Kier molecular flexibility index (Phi) is 3.35. The molecule has 0 aliphatic carbocycles. The van der Waals surface area contributed by atoms with E-state index in [1.165, 1.54) is 0 Å². The van der Waals surface area contributed by atoms with Crippen LogP contribution in [0.4, 0.5) is 0 Å². The Morgan fingerprint density at radius 3 is 2.67 bits per heavy atom. The summed E-state index contributed by atoms with van der Waals surface area (Å²) in [5.41, 5.74) is 1.12. The molecule has 0 unspecified atom stereocenters. The van der Waals surface area contributed by atoms with Gasteiger partial charge >= 0.3 is 0 Å². The van der Waals surface area contributed by atoms with E-state index >= 15 is 0 Å². The van der Waals surface area contributed by atoms with Gasteiger partial charge in [0.2, 0.25) is 0 Å². The summed E-state index contributed by atoms with van der Waals surface area (Å²) >= 11 is 1.59. The smallest absolute Gasteiger partial charge is 0.102 e. The molecule has 2 rings (SSSR count). The fraction of sp³-hybridized carbons (Fsp3) is 0.167. The molecule has 15 heavy (non-hydrogen) atoms. The van der Waals surface area contributed by atoms with E-state index in [1.54, 1.807) is 18.0 Å². The van der Waals surface area contributed by atoms with Gasteiger partial charge in [-0.2, -0.15) is 0 Å². The van der Waals surface area contributed by atoms with Crippen LogP contribution in [-0.2, 0) is 6.42 Å². The zero-order chi connectivity index (χ0) is 10.5. The second-order valence-electron chi connectivity index (χ2n) is 3.09. The molecule has 0 amide bonds. The standard InChI is InChI=1S/C12H12N2S/c1-2-10-6-5-8-12(14-10)15-11-7-3-4-9-13-11/h3-9H,2H2,1H3. The quantitative estimate of drug-likeness (QED) is 0.788. The molecule has 0 aliphatic heterocycles. The molecular weight excluding hydrogens is 204 g/mol. The van der Waals surface area contributed by atoms with E-state index in [0.717, 1.165) is 22.2 Å². The molecule has 0 atom stereocenters. The average Bonchev–Trinajstić information content (AvgIpc) is 2.31. The highest BCUT2D eigenvalue weighted by Crippen LogP contribution is 2.23. The molecule has 0 radical (unpaired) electrons. The van der Waals surface area contributed by atoms with E-state index in [1.807, 2.05) is 36.4 Å². The predicted octanol–water partition coefficient (Wildman–Crippen LogP) is 3.19. The number of hydrogen-bond acceptors (Lipinski definition) is 3. The Labute approximate surface area is 93.8 Å². The maximum atomic E-state index is 4.51. The van der Waals surface area contributed by atoms with Crippen molar-refractivity contribution < 1.29 is 0 Å². The monoisotopic (exact) mass is 216 g/mol. The van der Waals surface area contributed by atoms with Crippen molar-refractivity contribution in [1.82, 2.24) is 9.97 Å². The van der Waals surface area contributed by atoms with Gasteiger partial charge in [0.25, 0.3) is 0 Å². The number of aryl methyl sites for hydroxylation is 1. The molecule has 3 heteroatoms. The molecule has 76 valence electrons. The van der Waals surface area contributed by atoms with Crippen molar-refractivity contribution >= 4 is 11.8 Å². The van der Waals surface area contributed by atoms with E-state index < -0.39 is 0 Å². The van der Waals surface area contributed by atoms with Gasteiger partial charge in [-0.25, -0.2) is 9.97 Å². The molecular formula is C12H12N2S. The molecule has 2 nitrogen and oxygen atoms in total. The summed E-state index contributed by atoms with van der Waals surface area (Å²) in [5, 5.41) is 1.99. The third-order valence-corrected chi connectivity index (χ3v) is 2.88. The Morgan fingerprint density at radius 1 is 1.07 bits per heavy atom. The molecule has 0 N–H and O–H groups in total. The normalized spacial score (nSPS) is 10.2. The lowest BCUT2D eigenvalue weighted by Gasteiger charge is -2.01. The van der Waals surface area contributed by atoms with Crippen LogP contribution in [0, 0.1) is 0 Å². The van der Waals surface area contributed by atoms with Crippen LogP contribution in [0.1, 0.15) is 12.6 Å². The van der Waals surface area contributed by atoms with Gasteiger partial charge in [0.15, 0.2) is 0 Å². The Hall–Kier alpha value is -1.35. The van der Waals surface area contributed by atoms with Crippen molar-refractivity contribution in [3.05, 3.63) is 48.3 Å². The average molecular weight is 216 g/mol. The fourth-order valence-electron chi connectivity index (χ4n) is 1.23. The highest BCUT2D eigenvalue weighted by atomic mass is 32.2. The van der Waals surface area contributed by atoms with Crippen molar-refractivity contribution in [3.63, 3.8) is 0 Å². The number of pyridine rings is 2. The third-order valence-electron chi connectivity index (χ3n) is 1.99. The van der Waals surface area contributed by atoms with Crippen molar-refractivity contribution in [2.24, 2.45) is 0 Å². The van der Waals surface area contributed by atoms with Crippen molar-refractivity contribution in [2.45, 2.75) is 23.4 Å². The van der Waals surface area contributed by atoms with E-state index in [-0.39, 0.29) is 0 Å². The Morgan fingerprint density at radius 2 is 1.93 bits per heavy atom. The number of rotatable bonds is 3. The van der Waals surface area contributed by atoms with Crippen LogP contribution >= 0.6 is 11.8 Å². The van der Waals surface area contributed by atoms with Crippen molar-refractivity contribution in [2.75, 3.05) is 0 Å². The Bertz CT molecular complexity index is 429. The minimum Gasteiger partial charge on any atom is -0.250 e. The summed E-state index contributed by atoms with van der Waals surface area (Å²) in [6.45, 7) is 2.11. The minimum absolute atomic E-state index is 0.969. The van der Waals surface area contributed by atoms with E-state index in [0.29, 0.717) is 0 Å². The maximum absolute atomic E-state index is 4.51. The van der Waals surface area contributed by atoms with Crippen LogP contribution in [0.25, 0.3) is 0 Å². The van der Waals surface area contributed by atoms with Crippen LogP contribution in [0.15, 0.2) is 52.6 Å². The van der Waals surface area contributed by atoms with Crippen molar-refractivity contribution in [3.8, 4) is 0 Å². The fourth-order valence-corrected chi connectivity index (χ4v) is 2.01. The summed E-state index contributed by atoms with van der Waals surface area (Å²) in [4.78, 5) is 8.76. The summed E-state index contributed by atoms with van der Waals surface area (Å²) in [7, 11) is 0. The van der Waals surface area contributed by atoms with Crippen LogP contribution in [-0.4, -0.2) is 9.97 Å². The lowest BCUT2D eigenvalue weighted by Crippen LogP contribution is -1.88. The molecule has 0 fully saturated rings. The first-order valence-corrected chi connectivity index (χ1v) is 5.75. The lowest BCUT2D eigenvalue weighted by atomic mass is 10.3. The second-order valence-corrected chi connectivity index (χ2v) is 4.13. The van der Waals surface area contributed by atoms with Crippen LogP contribution < -0.4 is 0 Å². The van der Waals surface area contributed by atoms with Gasteiger partial charge in [0.1, 0.15) is 10.1 Å². The third kappa shape index (κ3) is 2.80. The van der Waals surface area contributed by atoms with Gasteiger partial charge in [-0.15, -0.1) is 0 Å². The number of hydrogen-bond donors (Lipinski definition) is 0. The highest BCUT2D eigenvalue weighted by molar-refractivity contribution is 7.99. The molecule has 0 aromatic carbocycles. The molecule has 0 saturated heterocycles. The van der Waals surface area contributed by atoms with E-state index in [4.69, 9.17) is 0 Å². The van der Waals surface area contributed by atoms with Crippen LogP contribution in [0.5, 0.6) is 0 Å². The predicted molar refractivity (Wildman–Crippen MR) is 62.0 cm³/mol. The van der Waals surface area contributed by atoms with Crippen LogP contribution in [0.3, 0.4) is 0 Å². The molecule has 2 aromatic rings. The largest absolute Gasteiger partial charge is 0.250 e. The zero-order valence-corrected chi connectivity index (χ0v) is 9.37. The first-order valence-electron chi connectivity index (χ1n) is 4.93. The second kappa shape index (κ2) is 4.94. The van der Waals surface area contributed by atoms with Gasteiger partial charge < -0.3 is 0 Å². The van der Waals surface area contributed by atoms with E-state index in [9.17, 15) is 0 Å². The van der Waals surface area contributed by atoms with E-state index in [2.05, 4.69) is 16.9 Å². The lowest BCUT2D eigenvalue weighted by molar-refractivity contribution is 0.968. The zero-order valence-electron chi connectivity index (χ0n) is 8.55.